The van der Waals surface area contributed by atoms with Crippen LogP contribution in [0.5, 0.6) is 5.75 Å². The summed E-state index contributed by atoms with van der Waals surface area (Å²) in [5.41, 5.74) is 4.15. The van der Waals surface area contributed by atoms with Gasteiger partial charge in [0.05, 0.1) is 24.7 Å². The number of hydrogen-bond donors (Lipinski definition) is 6. The number of ketones is 1. The number of fused-ring (bicyclic) bond motifs is 2. The molecule has 16 nitrogen and oxygen atoms in total. The molecule has 16 heteroatoms. The molecule has 0 spiro atoms. The minimum absolute atomic E-state index is 0.0298. The number of carbonyl (C=O) groups is 6. The predicted molar refractivity (Wildman–Crippen MR) is 226 cm³/mol. The second-order valence-electron chi connectivity index (χ2n) is 16.4. The molecule has 0 aromatic heterocycles. The van der Waals surface area contributed by atoms with E-state index in [9.17, 15) is 44.1 Å². The van der Waals surface area contributed by atoms with E-state index in [1.165, 1.54) is 41.3 Å². The molecule has 0 saturated carbocycles. The molecule has 1 aromatic carbocycles. The van der Waals surface area contributed by atoms with Crippen LogP contribution in [0, 0.1) is 17.8 Å². The van der Waals surface area contributed by atoms with Gasteiger partial charge in [-0.15, -0.1) is 0 Å². The first-order valence-electron chi connectivity index (χ1n) is 21.2. The fourth-order valence-corrected chi connectivity index (χ4v) is 7.29. The van der Waals surface area contributed by atoms with Crippen LogP contribution in [0.1, 0.15) is 85.1 Å². The van der Waals surface area contributed by atoms with Gasteiger partial charge in [-0.3, -0.25) is 33.8 Å². The summed E-state index contributed by atoms with van der Waals surface area (Å²) in [6.07, 6.45) is 10.1. The Kier molecular flexibility index (Phi) is 18.9. The Hall–Kier alpha value is -5.16. The maximum absolute atomic E-state index is 14.3. The van der Waals surface area contributed by atoms with Crippen molar-refractivity contribution in [1.82, 2.24) is 26.1 Å². The first kappa shape index (κ1) is 48.5. The zero-order valence-corrected chi connectivity index (χ0v) is 35.8. The number of ether oxygens (including phenoxy) is 1. The number of phenols is 1. The third-order valence-electron chi connectivity index (χ3n) is 11.1. The normalized spacial score (nSPS) is 28.2. The standard InChI is InChI=1S/C45H63N5O11/c1-28(2)40-43(57)46-36(27-32-15-12-16-33(52)26-32)44(58)49-23-13-17-35(48-49)45(59)61-38(29(3)14-11-20-39(54)50-24-9-10-25-60-50)19-8-6-7-18-37(53)31(5)41(55)34(42(56)47-40)22-21-30(4)51/h6-8,11-12,14-16,18,20,26,28,31,34-38,40-41,48,52-53,55H,9-10,13,17,19,21-25,27H2,1-5H3,(H,46,57)(H,47,56)/t31-,34+,35?,36-,37-,38-,40-,41+/m0/s1. The molecule has 4 rings (SSSR count). The molecule has 2 bridgehead atoms. The van der Waals surface area contributed by atoms with Gasteiger partial charge in [-0.1, -0.05) is 69.4 Å². The second kappa shape index (κ2) is 23.7. The lowest BCUT2D eigenvalue weighted by Crippen LogP contribution is -2.62. The lowest BCUT2D eigenvalue weighted by molar-refractivity contribution is -0.191. The van der Waals surface area contributed by atoms with Crippen molar-refractivity contribution >= 4 is 35.4 Å². The van der Waals surface area contributed by atoms with Crippen molar-refractivity contribution in [1.29, 1.82) is 0 Å². The number of cyclic esters (lactones) is 1. The first-order chi connectivity index (χ1) is 29.0. The Labute approximate surface area is 358 Å². The highest BCUT2D eigenvalue weighted by Gasteiger charge is 2.38. The SMILES string of the molecule is CC(=O)CC[C@H]1C(=O)N[C@@H](C(C)C)C(=O)N[C@@H](Cc2cccc(O)c2)C(=O)N2CCCC(N2)C(=O)O[C@H](C(C)=CC=CC(=O)N2CCCCO2)CC=CC=C[C@H](O)[C@H](C)[C@H]1O. The fourth-order valence-electron chi connectivity index (χ4n) is 7.29. The number of phenolic OH excluding ortho intramolecular Hbond substituents is 1. The van der Waals surface area contributed by atoms with E-state index in [0.717, 1.165) is 12.8 Å². The number of aliphatic hydroxyl groups excluding tert-OH is 2. The lowest BCUT2D eigenvalue weighted by Gasteiger charge is -2.36. The average Bonchev–Trinajstić information content (AvgIpc) is 3.23. The molecule has 0 radical (unpaired) electrons. The van der Waals surface area contributed by atoms with Gasteiger partial charge in [0.25, 0.3) is 11.8 Å². The summed E-state index contributed by atoms with van der Waals surface area (Å²) in [6.45, 7) is 9.27. The number of hydrogen-bond acceptors (Lipinski definition) is 12. The van der Waals surface area contributed by atoms with Crippen molar-refractivity contribution in [2.45, 2.75) is 122 Å². The largest absolute Gasteiger partial charge is 0.508 e. The van der Waals surface area contributed by atoms with Crippen LogP contribution < -0.4 is 16.1 Å². The van der Waals surface area contributed by atoms with Crippen molar-refractivity contribution in [3.63, 3.8) is 0 Å². The number of esters is 1. The number of hydroxylamine groups is 2. The van der Waals surface area contributed by atoms with Gasteiger partial charge in [0, 0.05) is 44.3 Å². The molecular weight excluding hydrogens is 787 g/mol. The summed E-state index contributed by atoms with van der Waals surface area (Å²) in [5, 5.41) is 40.9. The van der Waals surface area contributed by atoms with Gasteiger partial charge in [0.1, 0.15) is 35.8 Å². The van der Waals surface area contributed by atoms with Crippen LogP contribution in [0.4, 0.5) is 0 Å². The quantitative estimate of drug-likeness (QED) is 0.120. The van der Waals surface area contributed by atoms with Crippen LogP contribution in [0.2, 0.25) is 0 Å². The summed E-state index contributed by atoms with van der Waals surface area (Å²) in [7, 11) is 0. The van der Waals surface area contributed by atoms with Crippen molar-refractivity contribution in [2.75, 3.05) is 19.7 Å². The zero-order chi connectivity index (χ0) is 44.6. The van der Waals surface area contributed by atoms with Gasteiger partial charge >= 0.3 is 5.97 Å². The van der Waals surface area contributed by atoms with E-state index in [1.54, 1.807) is 70.2 Å². The third kappa shape index (κ3) is 14.8. The smallest absolute Gasteiger partial charge is 0.325 e. The van der Waals surface area contributed by atoms with Crippen LogP contribution in [0.3, 0.4) is 0 Å². The summed E-state index contributed by atoms with van der Waals surface area (Å²) in [5.74, 6) is -5.71. The number of nitrogens with zero attached hydrogens (tertiary/aromatic N) is 2. The van der Waals surface area contributed by atoms with Crippen molar-refractivity contribution < 1.29 is 53.7 Å². The van der Waals surface area contributed by atoms with Gasteiger partial charge in [0.15, 0.2) is 0 Å². The number of aromatic hydroxyl groups is 1. The number of allylic oxidation sites excluding steroid dienone is 4. The zero-order valence-electron chi connectivity index (χ0n) is 35.8. The molecular formula is C45H63N5O11. The van der Waals surface area contributed by atoms with E-state index < -0.39 is 77.9 Å². The molecule has 0 aliphatic carbocycles. The van der Waals surface area contributed by atoms with E-state index in [2.05, 4.69) is 16.1 Å². The number of hydrazine groups is 1. The van der Waals surface area contributed by atoms with Gasteiger partial charge in [0.2, 0.25) is 11.8 Å². The number of carbonyl (C=O) groups excluding carboxylic acids is 6. The van der Waals surface area contributed by atoms with Gasteiger partial charge in [-0.25, -0.2) is 10.5 Å². The molecule has 3 aliphatic rings. The second-order valence-corrected chi connectivity index (χ2v) is 16.4. The number of amides is 4. The Morgan fingerprint density at radius 3 is 2.46 bits per heavy atom. The minimum Gasteiger partial charge on any atom is -0.508 e. The van der Waals surface area contributed by atoms with Crippen LogP contribution >= 0.6 is 0 Å². The monoisotopic (exact) mass is 849 g/mol. The van der Waals surface area contributed by atoms with Gasteiger partial charge in [-0.2, -0.15) is 0 Å². The van der Waals surface area contributed by atoms with Crippen LogP contribution in [-0.2, 0) is 44.8 Å². The summed E-state index contributed by atoms with van der Waals surface area (Å²) in [6, 6.07) is 2.90. The lowest BCUT2D eigenvalue weighted by atomic mass is 9.84. The molecule has 4 amide bonds. The number of aliphatic hydroxyl groups is 2. The maximum atomic E-state index is 14.3. The first-order valence-corrected chi connectivity index (χ1v) is 21.2. The topological polar surface area (TPSA) is 224 Å². The molecule has 1 aromatic rings. The Balaban J connectivity index is 1.70. The van der Waals surface area contributed by atoms with E-state index in [0.29, 0.717) is 37.1 Å². The highest BCUT2D eigenvalue weighted by Crippen LogP contribution is 2.24. The molecule has 8 atom stereocenters. The number of rotatable bonds is 9. The Morgan fingerprint density at radius 2 is 1.77 bits per heavy atom. The van der Waals surface area contributed by atoms with Crippen LogP contribution in [-0.4, -0.2) is 117 Å². The molecule has 6 N–H and O–H groups in total. The van der Waals surface area contributed by atoms with Gasteiger partial charge < -0.3 is 35.5 Å². The number of nitrogens with one attached hydrogen (secondary N) is 3. The average molecular weight is 850 g/mol. The molecule has 61 heavy (non-hydrogen) atoms. The molecule has 334 valence electrons. The Morgan fingerprint density at radius 1 is 1.00 bits per heavy atom. The molecule has 1 unspecified atom stereocenters. The van der Waals surface area contributed by atoms with E-state index in [4.69, 9.17) is 9.57 Å². The van der Waals surface area contributed by atoms with Gasteiger partial charge in [-0.05, 0) is 75.1 Å². The predicted octanol–water partition coefficient (Wildman–Crippen LogP) is 2.88. The minimum atomic E-state index is -1.42. The van der Waals surface area contributed by atoms with Crippen molar-refractivity contribution in [2.24, 2.45) is 17.8 Å². The number of benzene rings is 1. The van der Waals surface area contributed by atoms with E-state index in [-0.39, 0.29) is 49.7 Å². The maximum Gasteiger partial charge on any atom is 0.325 e. The van der Waals surface area contributed by atoms with Crippen LogP contribution in [0.15, 0.2) is 72.4 Å². The van der Waals surface area contributed by atoms with E-state index in [1.807, 2.05) is 0 Å². The highest BCUT2D eigenvalue weighted by atomic mass is 16.7. The van der Waals surface area contributed by atoms with Crippen molar-refractivity contribution in [3.8, 4) is 5.75 Å². The summed E-state index contributed by atoms with van der Waals surface area (Å²) >= 11 is 0. The molecule has 2 saturated heterocycles. The highest BCUT2D eigenvalue weighted by molar-refractivity contribution is 5.93. The number of Topliss-reactive ketones (excluding diaryl/α,β-unsaturated/α-hetero) is 1. The van der Waals surface area contributed by atoms with E-state index >= 15 is 0 Å². The summed E-state index contributed by atoms with van der Waals surface area (Å²) < 4.78 is 6.05. The summed E-state index contributed by atoms with van der Waals surface area (Å²) in [4.78, 5) is 86.3. The van der Waals surface area contributed by atoms with Crippen LogP contribution in [0.25, 0.3) is 0 Å². The third-order valence-corrected chi connectivity index (χ3v) is 11.1. The molecule has 3 aliphatic heterocycles. The Bertz CT molecular complexity index is 1820. The molecule has 3 heterocycles. The van der Waals surface area contributed by atoms with Crippen molar-refractivity contribution in [3.05, 3.63) is 77.9 Å². The molecule has 2 fully saturated rings. The fraction of sp³-hybridized carbons (Fsp3) is 0.556.